The fourth-order valence-corrected chi connectivity index (χ4v) is 2.36. The van der Waals surface area contributed by atoms with E-state index in [9.17, 15) is 13.2 Å². The Hall–Kier alpha value is -1.52. The number of likely N-dealkylation sites (N-methyl/N-ethyl adjacent to an activating group) is 1. The number of nitrogens with one attached hydrogen (secondary N) is 1. The molecule has 1 N–H and O–H groups in total. The number of hydrogen-bond donors (Lipinski definition) is 1. The van der Waals surface area contributed by atoms with Gasteiger partial charge in [0.25, 0.3) is 0 Å². The van der Waals surface area contributed by atoms with Crippen LogP contribution < -0.4 is 5.32 Å². The van der Waals surface area contributed by atoms with E-state index in [2.05, 4.69) is 5.32 Å². The molecule has 5 heteroatoms. The van der Waals surface area contributed by atoms with E-state index in [1.54, 1.807) is 7.05 Å². The topological polar surface area (TPSA) is 12.0 Å². The fraction of sp³-hybridized carbons (Fsp3) is 0.200. The van der Waals surface area contributed by atoms with Gasteiger partial charge in [0.1, 0.15) is 17.5 Å². The van der Waals surface area contributed by atoms with Gasteiger partial charge in [0.15, 0.2) is 0 Å². The SMILES string of the molecule is CNC(Cc1cc(F)cc(F)c1)c1cc(F)ccc1Cl. The van der Waals surface area contributed by atoms with Crippen molar-refractivity contribution in [3.05, 3.63) is 70.0 Å². The van der Waals surface area contributed by atoms with Gasteiger partial charge >= 0.3 is 0 Å². The quantitative estimate of drug-likeness (QED) is 0.889. The van der Waals surface area contributed by atoms with Gasteiger partial charge in [0.2, 0.25) is 0 Å². The highest BCUT2D eigenvalue weighted by molar-refractivity contribution is 6.31. The van der Waals surface area contributed by atoms with Crippen LogP contribution in [0.5, 0.6) is 0 Å². The minimum absolute atomic E-state index is 0.300. The third-order valence-electron chi connectivity index (χ3n) is 3.04. The third-order valence-corrected chi connectivity index (χ3v) is 3.39. The predicted molar refractivity (Wildman–Crippen MR) is 73.3 cm³/mol. The van der Waals surface area contributed by atoms with E-state index in [-0.39, 0.29) is 6.04 Å². The molecule has 1 unspecified atom stereocenters. The van der Waals surface area contributed by atoms with Crippen molar-refractivity contribution in [2.24, 2.45) is 0 Å². The second-order valence-corrected chi connectivity index (χ2v) is 4.90. The molecule has 0 aliphatic heterocycles. The molecule has 106 valence electrons. The minimum Gasteiger partial charge on any atom is -0.313 e. The Morgan fingerprint density at radius 2 is 1.65 bits per heavy atom. The van der Waals surface area contributed by atoms with Gasteiger partial charge in [0.05, 0.1) is 0 Å². The maximum Gasteiger partial charge on any atom is 0.126 e. The van der Waals surface area contributed by atoms with Crippen molar-refractivity contribution in [2.45, 2.75) is 12.5 Å². The number of benzene rings is 2. The maximum absolute atomic E-state index is 13.3. The summed E-state index contributed by atoms with van der Waals surface area (Å²) >= 11 is 6.04. The highest BCUT2D eigenvalue weighted by Crippen LogP contribution is 2.27. The summed E-state index contributed by atoms with van der Waals surface area (Å²) in [6, 6.07) is 7.02. The van der Waals surface area contributed by atoms with Crippen LogP contribution in [-0.4, -0.2) is 7.05 Å². The molecule has 0 amide bonds. The van der Waals surface area contributed by atoms with Crippen molar-refractivity contribution in [1.82, 2.24) is 5.32 Å². The van der Waals surface area contributed by atoms with Gasteiger partial charge in [-0.25, -0.2) is 13.2 Å². The molecule has 0 saturated heterocycles. The third kappa shape index (κ3) is 3.52. The summed E-state index contributed by atoms with van der Waals surface area (Å²) in [7, 11) is 1.68. The molecule has 20 heavy (non-hydrogen) atoms. The molecule has 0 bridgehead atoms. The van der Waals surface area contributed by atoms with Gasteiger partial charge < -0.3 is 5.32 Å². The lowest BCUT2D eigenvalue weighted by Gasteiger charge is -2.18. The molecule has 1 atom stereocenters. The zero-order valence-corrected chi connectivity index (χ0v) is 11.5. The molecule has 0 saturated carbocycles. The van der Waals surface area contributed by atoms with Crippen LogP contribution in [0.25, 0.3) is 0 Å². The highest BCUT2D eigenvalue weighted by atomic mass is 35.5. The summed E-state index contributed by atoms with van der Waals surface area (Å²) in [5.41, 5.74) is 1.03. The first-order chi connectivity index (χ1) is 9.49. The van der Waals surface area contributed by atoms with Crippen LogP contribution in [0, 0.1) is 17.5 Å². The van der Waals surface area contributed by atoms with Gasteiger partial charge in [-0.2, -0.15) is 0 Å². The van der Waals surface area contributed by atoms with Crippen LogP contribution in [0.15, 0.2) is 36.4 Å². The van der Waals surface area contributed by atoms with Crippen LogP contribution in [-0.2, 0) is 6.42 Å². The molecule has 2 rings (SSSR count). The Morgan fingerprint density at radius 3 is 2.25 bits per heavy atom. The number of hydrogen-bond acceptors (Lipinski definition) is 1. The van der Waals surface area contributed by atoms with Crippen LogP contribution in [0.1, 0.15) is 17.2 Å². The van der Waals surface area contributed by atoms with Crippen molar-refractivity contribution < 1.29 is 13.2 Å². The van der Waals surface area contributed by atoms with E-state index in [1.807, 2.05) is 0 Å². The molecule has 0 spiro atoms. The second kappa shape index (κ2) is 6.29. The monoisotopic (exact) mass is 299 g/mol. The number of halogens is 4. The van der Waals surface area contributed by atoms with Crippen molar-refractivity contribution in [3.63, 3.8) is 0 Å². The van der Waals surface area contributed by atoms with Crippen molar-refractivity contribution >= 4 is 11.6 Å². The van der Waals surface area contributed by atoms with E-state index < -0.39 is 17.5 Å². The highest BCUT2D eigenvalue weighted by Gasteiger charge is 2.15. The molecule has 2 aromatic carbocycles. The molecule has 0 radical (unpaired) electrons. The van der Waals surface area contributed by atoms with E-state index in [1.165, 1.54) is 30.3 Å². The Kier molecular flexibility index (Phi) is 4.68. The van der Waals surface area contributed by atoms with Crippen LogP contribution in [0.3, 0.4) is 0 Å². The Morgan fingerprint density at radius 1 is 1.00 bits per heavy atom. The molecule has 1 nitrogen and oxygen atoms in total. The van der Waals surface area contributed by atoms with Crippen LogP contribution in [0.4, 0.5) is 13.2 Å². The summed E-state index contributed by atoms with van der Waals surface area (Å²) in [5.74, 6) is -1.68. The van der Waals surface area contributed by atoms with Gasteiger partial charge in [-0.15, -0.1) is 0 Å². The summed E-state index contributed by atoms with van der Waals surface area (Å²) in [4.78, 5) is 0. The molecular formula is C15H13ClF3N. The lowest BCUT2D eigenvalue weighted by molar-refractivity contribution is 0.557. The molecule has 0 aliphatic carbocycles. The molecule has 0 fully saturated rings. The van der Waals surface area contributed by atoms with Crippen molar-refractivity contribution in [1.29, 1.82) is 0 Å². The van der Waals surface area contributed by atoms with Crippen LogP contribution in [0.2, 0.25) is 5.02 Å². The average molecular weight is 300 g/mol. The van der Waals surface area contributed by atoms with E-state index >= 15 is 0 Å². The van der Waals surface area contributed by atoms with E-state index in [4.69, 9.17) is 11.6 Å². The molecular weight excluding hydrogens is 287 g/mol. The minimum atomic E-state index is -0.639. The fourth-order valence-electron chi connectivity index (χ4n) is 2.11. The van der Waals surface area contributed by atoms with Gasteiger partial charge in [-0.3, -0.25) is 0 Å². The van der Waals surface area contributed by atoms with Crippen molar-refractivity contribution in [3.8, 4) is 0 Å². The molecule has 0 aromatic heterocycles. The second-order valence-electron chi connectivity index (χ2n) is 4.49. The predicted octanol–water partition coefficient (Wildman–Crippen LogP) is 4.26. The molecule has 0 aliphatic rings. The molecule has 2 aromatic rings. The van der Waals surface area contributed by atoms with Crippen LogP contribution >= 0.6 is 11.6 Å². The summed E-state index contributed by atoms with van der Waals surface area (Å²) in [6.07, 6.45) is 0.300. The van der Waals surface area contributed by atoms with Gasteiger partial charge in [-0.05, 0) is 54.9 Å². The lowest BCUT2D eigenvalue weighted by Crippen LogP contribution is -2.19. The first kappa shape index (κ1) is 14.9. The zero-order chi connectivity index (χ0) is 14.7. The summed E-state index contributed by atoms with van der Waals surface area (Å²) < 4.78 is 39.7. The standard InChI is InChI=1S/C15H13ClF3N/c1-20-15(13-8-10(17)2-3-14(13)16)6-9-4-11(18)7-12(19)5-9/h2-5,7-8,15,20H,6H2,1H3. The van der Waals surface area contributed by atoms with Crippen molar-refractivity contribution in [2.75, 3.05) is 7.05 Å². The van der Waals surface area contributed by atoms with Gasteiger partial charge in [-0.1, -0.05) is 11.6 Å². The van der Waals surface area contributed by atoms with E-state index in [0.717, 1.165) is 6.07 Å². The smallest absolute Gasteiger partial charge is 0.126 e. The average Bonchev–Trinajstić information content (AvgIpc) is 2.38. The largest absolute Gasteiger partial charge is 0.313 e. The summed E-state index contributed by atoms with van der Waals surface area (Å²) in [5, 5.41) is 3.38. The normalized spacial score (nSPS) is 12.4. The number of rotatable bonds is 4. The maximum atomic E-state index is 13.3. The van der Waals surface area contributed by atoms with E-state index in [0.29, 0.717) is 22.6 Å². The van der Waals surface area contributed by atoms with Gasteiger partial charge in [0, 0.05) is 17.1 Å². The Labute approximate surface area is 120 Å². The lowest BCUT2D eigenvalue weighted by atomic mass is 9.98. The first-order valence-corrected chi connectivity index (χ1v) is 6.44. The zero-order valence-electron chi connectivity index (χ0n) is 10.8. The Bertz CT molecular complexity index is 596. The Balaban J connectivity index is 2.31. The first-order valence-electron chi connectivity index (χ1n) is 6.07. The molecule has 0 heterocycles. The summed E-state index contributed by atoms with van der Waals surface area (Å²) in [6.45, 7) is 0.